The van der Waals surface area contributed by atoms with E-state index in [0.29, 0.717) is 29.6 Å². The van der Waals surface area contributed by atoms with Gasteiger partial charge in [0.25, 0.3) is 0 Å². The Morgan fingerprint density at radius 3 is 2.68 bits per heavy atom. The smallest absolute Gasteiger partial charge is 0.165 e. The number of hydrogen-bond acceptors (Lipinski definition) is 5. The predicted molar refractivity (Wildman–Crippen MR) is 116 cm³/mol. The van der Waals surface area contributed by atoms with Crippen molar-refractivity contribution in [3.05, 3.63) is 37.2 Å². The topological polar surface area (TPSA) is 67.7 Å². The van der Waals surface area contributed by atoms with Gasteiger partial charge in [-0.1, -0.05) is 45.9 Å². The first-order valence-electron chi connectivity index (χ1n) is 10.5. The van der Waals surface area contributed by atoms with Gasteiger partial charge >= 0.3 is 0 Å². The van der Waals surface area contributed by atoms with Gasteiger partial charge in [-0.15, -0.1) is 0 Å². The Morgan fingerprint density at radius 1 is 1.18 bits per heavy atom. The van der Waals surface area contributed by atoms with Crippen molar-refractivity contribution >= 4 is 17.0 Å². The van der Waals surface area contributed by atoms with Crippen molar-refractivity contribution in [3.63, 3.8) is 0 Å². The molecule has 0 amide bonds. The van der Waals surface area contributed by atoms with Crippen LogP contribution in [-0.4, -0.2) is 26.1 Å². The van der Waals surface area contributed by atoms with Crippen LogP contribution in [0.15, 0.2) is 37.2 Å². The summed E-state index contributed by atoms with van der Waals surface area (Å²) in [6.07, 6.45) is 8.12. The zero-order valence-electron chi connectivity index (χ0n) is 17.7. The van der Waals surface area contributed by atoms with Crippen LogP contribution >= 0.6 is 0 Å². The lowest BCUT2D eigenvalue weighted by Gasteiger charge is -2.20. The Bertz CT molecular complexity index is 839. The van der Waals surface area contributed by atoms with Gasteiger partial charge < -0.3 is 15.2 Å². The minimum atomic E-state index is 0.402. The summed E-state index contributed by atoms with van der Waals surface area (Å²) in [5, 5.41) is 6.37. The molecule has 0 bridgehead atoms. The fraction of sp³-hybridized carbons (Fsp3) is 0.591. The zero-order valence-corrected chi connectivity index (χ0v) is 17.7. The van der Waals surface area contributed by atoms with Gasteiger partial charge in [0.15, 0.2) is 17.0 Å². The molecule has 0 aromatic carbocycles. The molecule has 1 aliphatic carbocycles. The maximum absolute atomic E-state index is 4.64. The van der Waals surface area contributed by atoms with Crippen LogP contribution in [0.1, 0.15) is 59.4 Å². The van der Waals surface area contributed by atoms with E-state index in [4.69, 9.17) is 0 Å². The van der Waals surface area contributed by atoms with E-state index in [1.165, 1.54) is 12.0 Å². The third-order valence-electron chi connectivity index (χ3n) is 6.25. The van der Waals surface area contributed by atoms with E-state index in [2.05, 4.69) is 64.1 Å². The first kappa shape index (κ1) is 20.4. The van der Waals surface area contributed by atoms with Crippen LogP contribution in [0.5, 0.6) is 0 Å². The van der Waals surface area contributed by atoms with E-state index in [1.54, 1.807) is 6.33 Å². The third kappa shape index (κ3) is 4.05. The van der Waals surface area contributed by atoms with Gasteiger partial charge in [0.05, 0.1) is 12.1 Å². The summed E-state index contributed by atoms with van der Waals surface area (Å²) in [5.41, 5.74) is 3.07. The summed E-state index contributed by atoms with van der Waals surface area (Å²) in [6, 6.07) is 0.402. The second-order valence-electron chi connectivity index (χ2n) is 8.17. The van der Waals surface area contributed by atoms with Crippen molar-refractivity contribution in [2.75, 3.05) is 11.9 Å². The molecule has 6 nitrogen and oxygen atoms in total. The molecule has 0 aliphatic heterocycles. The Morgan fingerprint density at radius 2 is 1.96 bits per heavy atom. The summed E-state index contributed by atoms with van der Waals surface area (Å²) in [6.45, 7) is 18.1. The number of allylic oxidation sites excluding steroid dienone is 1. The molecule has 0 spiro atoms. The van der Waals surface area contributed by atoms with Crippen LogP contribution in [-0.2, 0) is 0 Å². The lowest BCUT2D eigenvalue weighted by atomic mass is 9.87. The second kappa shape index (κ2) is 8.76. The SMILES string of the molecule is C=C(CCC)CC1CC(n2cnc3c(NC(=C)NCC)ncnc32)C(C)C1C. The summed E-state index contributed by atoms with van der Waals surface area (Å²) in [5.74, 6) is 3.31. The fourth-order valence-corrected chi connectivity index (χ4v) is 4.57. The highest BCUT2D eigenvalue weighted by Crippen LogP contribution is 2.47. The van der Waals surface area contributed by atoms with Gasteiger partial charge in [-0.3, -0.25) is 0 Å². The molecule has 2 aromatic rings. The summed E-state index contributed by atoms with van der Waals surface area (Å²) >= 11 is 0. The Hall–Kier alpha value is -2.37. The van der Waals surface area contributed by atoms with E-state index in [1.807, 2.05) is 13.3 Å². The largest absolute Gasteiger partial charge is 0.372 e. The maximum atomic E-state index is 4.64. The number of anilines is 1. The Kier molecular flexibility index (Phi) is 6.37. The number of hydrogen-bond donors (Lipinski definition) is 2. The normalized spacial score (nSPS) is 24.4. The molecule has 1 fully saturated rings. The average Bonchev–Trinajstić information content (AvgIpc) is 3.19. The zero-order chi connectivity index (χ0) is 20.3. The molecule has 3 rings (SSSR count). The molecular formula is C22H34N6. The number of aromatic nitrogens is 4. The van der Waals surface area contributed by atoms with Gasteiger partial charge in [-0.25, -0.2) is 15.0 Å². The highest BCUT2D eigenvalue weighted by atomic mass is 15.2. The van der Waals surface area contributed by atoms with Crippen LogP contribution in [0.3, 0.4) is 0 Å². The predicted octanol–water partition coefficient (Wildman–Crippen LogP) is 4.90. The molecule has 0 saturated heterocycles. The van der Waals surface area contributed by atoms with Gasteiger partial charge in [-0.05, 0) is 43.9 Å². The first-order chi connectivity index (χ1) is 13.5. The van der Waals surface area contributed by atoms with Crippen molar-refractivity contribution in [2.45, 2.75) is 59.4 Å². The molecule has 2 heterocycles. The van der Waals surface area contributed by atoms with E-state index in [9.17, 15) is 0 Å². The number of fused-ring (bicyclic) bond motifs is 1. The molecule has 1 saturated carbocycles. The highest BCUT2D eigenvalue weighted by Gasteiger charge is 2.39. The van der Waals surface area contributed by atoms with Crippen molar-refractivity contribution in [3.8, 4) is 0 Å². The summed E-state index contributed by atoms with van der Waals surface area (Å²) < 4.78 is 2.25. The van der Waals surface area contributed by atoms with Gasteiger partial charge in [0.1, 0.15) is 6.33 Å². The van der Waals surface area contributed by atoms with Gasteiger partial charge in [0.2, 0.25) is 0 Å². The molecule has 4 atom stereocenters. The van der Waals surface area contributed by atoms with E-state index in [0.717, 1.165) is 42.8 Å². The van der Waals surface area contributed by atoms with Crippen LogP contribution < -0.4 is 10.6 Å². The molecule has 4 unspecified atom stereocenters. The highest BCUT2D eigenvalue weighted by molar-refractivity contribution is 5.83. The summed E-state index contributed by atoms with van der Waals surface area (Å²) in [7, 11) is 0. The van der Waals surface area contributed by atoms with Crippen molar-refractivity contribution in [1.82, 2.24) is 24.8 Å². The first-order valence-corrected chi connectivity index (χ1v) is 10.5. The lowest BCUT2D eigenvalue weighted by Crippen LogP contribution is -2.18. The number of imidazole rings is 1. The van der Waals surface area contributed by atoms with E-state index >= 15 is 0 Å². The van der Waals surface area contributed by atoms with Crippen LogP contribution in [0.25, 0.3) is 11.2 Å². The number of rotatable bonds is 9. The molecule has 1 aliphatic rings. The Balaban J connectivity index is 1.83. The average molecular weight is 383 g/mol. The number of nitrogens with one attached hydrogen (secondary N) is 2. The lowest BCUT2D eigenvalue weighted by molar-refractivity contribution is 0.328. The maximum Gasteiger partial charge on any atom is 0.165 e. The monoisotopic (exact) mass is 382 g/mol. The summed E-state index contributed by atoms with van der Waals surface area (Å²) in [4.78, 5) is 13.6. The molecule has 152 valence electrons. The quantitative estimate of drug-likeness (QED) is 0.604. The number of nitrogens with zero attached hydrogens (tertiary/aromatic N) is 4. The third-order valence-corrected chi connectivity index (χ3v) is 6.25. The van der Waals surface area contributed by atoms with Crippen LogP contribution in [0.4, 0.5) is 5.82 Å². The molecule has 0 radical (unpaired) electrons. The van der Waals surface area contributed by atoms with Crippen molar-refractivity contribution < 1.29 is 0 Å². The van der Waals surface area contributed by atoms with Crippen LogP contribution in [0, 0.1) is 17.8 Å². The van der Waals surface area contributed by atoms with Crippen molar-refractivity contribution in [1.29, 1.82) is 0 Å². The van der Waals surface area contributed by atoms with E-state index < -0.39 is 0 Å². The van der Waals surface area contributed by atoms with Crippen LogP contribution in [0.2, 0.25) is 0 Å². The molecule has 28 heavy (non-hydrogen) atoms. The minimum Gasteiger partial charge on any atom is -0.372 e. The van der Waals surface area contributed by atoms with Crippen molar-refractivity contribution in [2.24, 2.45) is 17.8 Å². The molecular weight excluding hydrogens is 348 g/mol. The molecule has 6 heteroatoms. The second-order valence-corrected chi connectivity index (χ2v) is 8.17. The van der Waals surface area contributed by atoms with Gasteiger partial charge in [0, 0.05) is 12.6 Å². The molecule has 2 aromatic heterocycles. The minimum absolute atomic E-state index is 0.402. The standard InChI is InChI=1S/C22H34N6/c1-7-9-14(3)10-18-11-19(16(5)15(18)4)28-13-26-20-21(24-12-25-22(20)28)27-17(6)23-8-2/h12-13,15-16,18-19,23H,3,6-11H2,1-2,4-5H3,(H,24,25,27). The van der Waals surface area contributed by atoms with Gasteiger partial charge in [-0.2, -0.15) is 0 Å². The van der Waals surface area contributed by atoms with E-state index in [-0.39, 0.29) is 0 Å². The fourth-order valence-electron chi connectivity index (χ4n) is 4.57. The molecule has 2 N–H and O–H groups in total. The Labute approximate surface area is 168 Å².